The summed E-state index contributed by atoms with van der Waals surface area (Å²) < 4.78 is 1.77. The molecule has 0 bridgehead atoms. The number of amides is 1. The van der Waals surface area contributed by atoms with E-state index in [2.05, 4.69) is 26.2 Å². The van der Waals surface area contributed by atoms with Crippen LogP contribution >= 0.6 is 39.0 Å². The summed E-state index contributed by atoms with van der Waals surface area (Å²) in [5.74, 6) is 0.293. The van der Waals surface area contributed by atoms with Crippen molar-refractivity contribution >= 4 is 50.6 Å². The number of nitrogens with one attached hydrogen (secondary N) is 1. The molecule has 1 amide bonds. The molecule has 0 radical (unpaired) electrons. The number of aromatic nitrogens is 1. The number of hydrogen-bond donors (Lipinski definition) is 1. The van der Waals surface area contributed by atoms with E-state index in [1.807, 2.05) is 60.0 Å². The van der Waals surface area contributed by atoms with Crippen LogP contribution in [0, 0.1) is 0 Å². The van der Waals surface area contributed by atoms with Crippen molar-refractivity contribution < 1.29 is 4.79 Å². The number of carbonyl (C=O) groups excluding carboxylic acids is 1. The van der Waals surface area contributed by atoms with Crippen LogP contribution in [0.25, 0.3) is 11.3 Å². The van der Waals surface area contributed by atoms with Crippen LogP contribution in [-0.2, 0) is 4.79 Å². The third kappa shape index (κ3) is 4.43. The van der Waals surface area contributed by atoms with Gasteiger partial charge in [0.05, 0.1) is 17.1 Å². The number of benzene rings is 2. The van der Waals surface area contributed by atoms with Crippen LogP contribution in [0.3, 0.4) is 0 Å². The number of rotatable bonds is 5. The van der Waals surface area contributed by atoms with E-state index in [0.717, 1.165) is 25.8 Å². The van der Waals surface area contributed by atoms with E-state index in [4.69, 9.17) is 0 Å². The maximum absolute atomic E-state index is 12.0. The monoisotopic (exact) mass is 404 g/mol. The zero-order chi connectivity index (χ0) is 16.1. The van der Waals surface area contributed by atoms with Crippen molar-refractivity contribution in [1.82, 2.24) is 4.98 Å². The van der Waals surface area contributed by atoms with Gasteiger partial charge in [0.25, 0.3) is 0 Å². The van der Waals surface area contributed by atoms with E-state index in [1.54, 1.807) is 11.3 Å². The van der Waals surface area contributed by atoms with Gasteiger partial charge in [-0.15, -0.1) is 11.3 Å². The summed E-state index contributed by atoms with van der Waals surface area (Å²) in [6, 6.07) is 17.6. The molecule has 116 valence electrons. The molecule has 1 aromatic heterocycles. The van der Waals surface area contributed by atoms with Crippen molar-refractivity contribution in [3.8, 4) is 11.3 Å². The SMILES string of the molecule is O=C(CSc1nc(-c2ccccc2)cs1)Nc1ccccc1Br. The van der Waals surface area contributed by atoms with E-state index in [9.17, 15) is 4.79 Å². The smallest absolute Gasteiger partial charge is 0.234 e. The number of thioether (sulfide) groups is 1. The van der Waals surface area contributed by atoms with E-state index >= 15 is 0 Å². The Labute approximate surface area is 151 Å². The van der Waals surface area contributed by atoms with Gasteiger partial charge in [-0.1, -0.05) is 54.2 Å². The van der Waals surface area contributed by atoms with Crippen molar-refractivity contribution in [1.29, 1.82) is 0 Å². The lowest BCUT2D eigenvalue weighted by Crippen LogP contribution is -2.14. The predicted molar refractivity (Wildman–Crippen MR) is 101 cm³/mol. The minimum atomic E-state index is -0.0432. The molecule has 1 heterocycles. The Morgan fingerprint density at radius 1 is 1.13 bits per heavy atom. The molecule has 2 aromatic carbocycles. The lowest BCUT2D eigenvalue weighted by atomic mass is 10.2. The maximum Gasteiger partial charge on any atom is 0.234 e. The highest BCUT2D eigenvalue weighted by Gasteiger charge is 2.09. The summed E-state index contributed by atoms with van der Waals surface area (Å²) in [6.07, 6.45) is 0. The van der Waals surface area contributed by atoms with E-state index in [0.29, 0.717) is 5.75 Å². The fraction of sp³-hybridized carbons (Fsp3) is 0.0588. The number of anilines is 1. The average molecular weight is 405 g/mol. The van der Waals surface area contributed by atoms with Crippen LogP contribution in [-0.4, -0.2) is 16.6 Å². The molecule has 0 spiro atoms. The summed E-state index contributed by atoms with van der Waals surface area (Å²) in [5.41, 5.74) is 2.82. The zero-order valence-corrected chi connectivity index (χ0v) is 15.2. The molecule has 0 fully saturated rings. The summed E-state index contributed by atoms with van der Waals surface area (Å²) in [5, 5.41) is 4.91. The summed E-state index contributed by atoms with van der Waals surface area (Å²) >= 11 is 6.43. The third-order valence-electron chi connectivity index (χ3n) is 3.03. The second kappa shape index (κ2) is 7.77. The van der Waals surface area contributed by atoms with Crippen molar-refractivity contribution in [2.75, 3.05) is 11.1 Å². The molecule has 0 aliphatic rings. The Bertz CT molecular complexity index is 805. The Morgan fingerprint density at radius 3 is 2.65 bits per heavy atom. The van der Waals surface area contributed by atoms with Crippen LogP contribution in [0.1, 0.15) is 0 Å². The van der Waals surface area contributed by atoms with Crippen LogP contribution in [0.4, 0.5) is 5.69 Å². The lowest BCUT2D eigenvalue weighted by Gasteiger charge is -2.05. The van der Waals surface area contributed by atoms with E-state index in [1.165, 1.54) is 11.8 Å². The predicted octanol–water partition coefficient (Wildman–Crippen LogP) is 5.30. The van der Waals surface area contributed by atoms with Gasteiger partial charge >= 0.3 is 0 Å². The van der Waals surface area contributed by atoms with Crippen LogP contribution in [0.5, 0.6) is 0 Å². The Morgan fingerprint density at radius 2 is 1.87 bits per heavy atom. The molecule has 1 N–H and O–H groups in total. The second-order valence-corrected chi connectivity index (χ2v) is 7.62. The van der Waals surface area contributed by atoms with Gasteiger partial charge in [0.2, 0.25) is 5.91 Å². The van der Waals surface area contributed by atoms with Crippen LogP contribution in [0.15, 0.2) is 68.8 Å². The van der Waals surface area contributed by atoms with Gasteiger partial charge < -0.3 is 5.32 Å². The minimum absolute atomic E-state index is 0.0432. The van der Waals surface area contributed by atoms with Gasteiger partial charge in [-0.05, 0) is 28.1 Å². The first-order chi connectivity index (χ1) is 11.2. The van der Waals surface area contributed by atoms with Gasteiger partial charge in [0, 0.05) is 15.4 Å². The summed E-state index contributed by atoms with van der Waals surface area (Å²) in [4.78, 5) is 16.6. The molecule has 0 saturated heterocycles. The molecule has 3 aromatic rings. The van der Waals surface area contributed by atoms with Gasteiger partial charge in [-0.2, -0.15) is 0 Å². The Hall–Kier alpha value is -1.63. The number of hydrogen-bond acceptors (Lipinski definition) is 4. The van der Waals surface area contributed by atoms with Crippen LogP contribution < -0.4 is 5.32 Å². The standard InChI is InChI=1S/C17H13BrN2OS2/c18-13-8-4-5-9-14(13)19-16(21)11-23-17-20-15(10-22-17)12-6-2-1-3-7-12/h1-10H,11H2,(H,19,21). The molecular formula is C17H13BrN2OS2. The second-order valence-electron chi connectivity index (χ2n) is 4.68. The molecule has 0 aliphatic carbocycles. The van der Waals surface area contributed by atoms with E-state index < -0.39 is 0 Å². The lowest BCUT2D eigenvalue weighted by molar-refractivity contribution is -0.113. The van der Waals surface area contributed by atoms with Crippen LogP contribution in [0.2, 0.25) is 0 Å². The van der Waals surface area contributed by atoms with Gasteiger partial charge in [-0.3, -0.25) is 4.79 Å². The molecule has 0 saturated carbocycles. The fourth-order valence-electron chi connectivity index (χ4n) is 1.94. The molecule has 23 heavy (non-hydrogen) atoms. The number of halogens is 1. The van der Waals surface area contributed by atoms with Gasteiger partial charge in [-0.25, -0.2) is 4.98 Å². The first-order valence-corrected chi connectivity index (χ1v) is 9.56. The molecule has 0 aliphatic heterocycles. The maximum atomic E-state index is 12.0. The quantitative estimate of drug-likeness (QED) is 0.586. The Kier molecular flexibility index (Phi) is 5.48. The topological polar surface area (TPSA) is 42.0 Å². The number of thiazole rings is 1. The highest BCUT2D eigenvalue weighted by atomic mass is 79.9. The third-order valence-corrected chi connectivity index (χ3v) is 5.74. The zero-order valence-electron chi connectivity index (χ0n) is 12.0. The van der Waals surface area contributed by atoms with Crippen molar-refractivity contribution in [3.63, 3.8) is 0 Å². The fourth-order valence-corrected chi connectivity index (χ4v) is 3.96. The van der Waals surface area contributed by atoms with E-state index in [-0.39, 0.29) is 5.91 Å². The largest absolute Gasteiger partial charge is 0.324 e. The minimum Gasteiger partial charge on any atom is -0.324 e. The number of para-hydroxylation sites is 1. The summed E-state index contributed by atoms with van der Waals surface area (Å²) in [7, 11) is 0. The molecular weight excluding hydrogens is 392 g/mol. The molecule has 6 heteroatoms. The highest BCUT2D eigenvalue weighted by Crippen LogP contribution is 2.28. The van der Waals surface area contributed by atoms with Crippen molar-refractivity contribution in [2.45, 2.75) is 4.34 Å². The number of nitrogens with zero attached hydrogens (tertiary/aromatic N) is 1. The van der Waals surface area contributed by atoms with Crippen molar-refractivity contribution in [2.24, 2.45) is 0 Å². The highest BCUT2D eigenvalue weighted by molar-refractivity contribution is 9.10. The van der Waals surface area contributed by atoms with Gasteiger partial charge in [0.15, 0.2) is 4.34 Å². The molecule has 0 atom stereocenters. The molecule has 3 rings (SSSR count). The molecule has 0 unspecified atom stereocenters. The summed E-state index contributed by atoms with van der Waals surface area (Å²) in [6.45, 7) is 0. The first-order valence-electron chi connectivity index (χ1n) is 6.90. The Balaban J connectivity index is 1.58. The van der Waals surface area contributed by atoms with Gasteiger partial charge in [0.1, 0.15) is 0 Å². The number of carbonyl (C=O) groups is 1. The normalized spacial score (nSPS) is 10.5. The van der Waals surface area contributed by atoms with Crippen molar-refractivity contribution in [3.05, 3.63) is 64.5 Å². The first kappa shape index (κ1) is 16.2. The molecule has 3 nitrogen and oxygen atoms in total. The average Bonchev–Trinajstić information content (AvgIpc) is 3.05.